The van der Waals surface area contributed by atoms with E-state index in [4.69, 9.17) is 18.5 Å². The fourth-order valence-corrected chi connectivity index (χ4v) is 8.75. The van der Waals surface area contributed by atoms with E-state index in [9.17, 15) is 27.3 Å². The van der Waals surface area contributed by atoms with Crippen LogP contribution in [0.1, 0.15) is 97.8 Å². The van der Waals surface area contributed by atoms with Crippen LogP contribution in [0.25, 0.3) is 0 Å². The van der Waals surface area contributed by atoms with Gasteiger partial charge in [-0.05, 0) is 99.6 Å². The van der Waals surface area contributed by atoms with Crippen molar-refractivity contribution in [3.8, 4) is 5.75 Å². The quantitative estimate of drug-likeness (QED) is 0.107. The number of methoxy groups -OCH3 is 1. The molecule has 5 rings (SSSR count). The molecule has 0 spiro atoms. The normalized spacial score (nSPS) is 17.4. The van der Waals surface area contributed by atoms with Crippen molar-refractivity contribution in [2.75, 3.05) is 44.6 Å². The molecule has 1 saturated carbocycles. The summed E-state index contributed by atoms with van der Waals surface area (Å²) in [5.74, 6) is -0.268. The third-order valence-corrected chi connectivity index (χ3v) is 11.6. The van der Waals surface area contributed by atoms with Crippen LogP contribution in [0.2, 0.25) is 0 Å². The number of hydrogen-bond donors (Lipinski definition) is 2. The number of amides is 1. The van der Waals surface area contributed by atoms with Gasteiger partial charge in [-0.15, -0.1) is 0 Å². The first-order valence-electron chi connectivity index (χ1n) is 17.9. The Hall–Kier alpha value is -4.20. The van der Waals surface area contributed by atoms with E-state index in [1.165, 1.54) is 7.11 Å². The van der Waals surface area contributed by atoms with Gasteiger partial charge in [-0.1, -0.05) is 12.1 Å². The second-order valence-electron chi connectivity index (χ2n) is 13.1. The van der Waals surface area contributed by atoms with Gasteiger partial charge in [-0.25, -0.2) is 4.98 Å². The standard InChI is InChI=1S/C37H47F3N5O7P/c1-6-50-32(46)18-12-23-9-13-25(14-10-23)26-15-17-30(33-27(26)21-45(4)35(33)47)42-34-28(37(38,39)40)20-41-36(44-34)43-29-16-11-24(19-31(29)49-5)22-53(48,51-7-2)52-8-3/h11,15-17,19-20,23,25H,6-10,12-14,18,21-22H2,1-5H3,(H2,41,42,43,44). The predicted octanol–water partition coefficient (Wildman–Crippen LogP) is 8.96. The number of fused-ring (bicyclic) bond motifs is 1. The fraction of sp³-hybridized carbons (Fsp3) is 0.514. The summed E-state index contributed by atoms with van der Waals surface area (Å²) in [6.07, 6.45) is 0.672. The van der Waals surface area contributed by atoms with Crippen LogP contribution in [0.4, 0.5) is 36.3 Å². The van der Waals surface area contributed by atoms with E-state index in [1.807, 2.05) is 6.07 Å². The van der Waals surface area contributed by atoms with Crippen molar-refractivity contribution in [1.29, 1.82) is 0 Å². The number of hydrogen-bond acceptors (Lipinski definition) is 11. The molecule has 2 N–H and O–H groups in total. The molecule has 53 heavy (non-hydrogen) atoms. The summed E-state index contributed by atoms with van der Waals surface area (Å²) in [4.78, 5) is 35.0. The molecule has 2 aliphatic rings. The number of benzene rings is 2. The number of carbonyl (C=O) groups is 2. The molecule has 0 atom stereocenters. The van der Waals surface area contributed by atoms with E-state index < -0.39 is 25.2 Å². The van der Waals surface area contributed by atoms with Crippen molar-refractivity contribution >= 4 is 42.6 Å². The lowest BCUT2D eigenvalue weighted by molar-refractivity contribution is -0.143. The van der Waals surface area contributed by atoms with Gasteiger partial charge < -0.3 is 34.1 Å². The summed E-state index contributed by atoms with van der Waals surface area (Å²) in [5, 5.41) is 5.75. The fourth-order valence-electron chi connectivity index (χ4n) is 7.06. The molecule has 0 unspecified atom stereocenters. The number of nitrogens with one attached hydrogen (secondary N) is 2. The van der Waals surface area contributed by atoms with Gasteiger partial charge in [0.05, 0.1) is 50.0 Å². The zero-order chi connectivity index (χ0) is 38.3. The van der Waals surface area contributed by atoms with Gasteiger partial charge in [0.2, 0.25) is 5.95 Å². The Morgan fingerprint density at radius 1 is 1.00 bits per heavy atom. The van der Waals surface area contributed by atoms with Crippen molar-refractivity contribution in [2.24, 2.45) is 5.92 Å². The largest absolute Gasteiger partial charge is 0.495 e. The van der Waals surface area contributed by atoms with Crippen LogP contribution in [0.5, 0.6) is 5.75 Å². The number of ether oxygens (including phenoxy) is 2. The van der Waals surface area contributed by atoms with Crippen LogP contribution in [-0.4, -0.2) is 60.7 Å². The van der Waals surface area contributed by atoms with E-state index in [0.29, 0.717) is 54.3 Å². The van der Waals surface area contributed by atoms with Gasteiger partial charge in [-0.3, -0.25) is 14.2 Å². The van der Waals surface area contributed by atoms with Crippen LogP contribution in [0.3, 0.4) is 0 Å². The van der Waals surface area contributed by atoms with Crippen LogP contribution in [0, 0.1) is 5.92 Å². The average Bonchev–Trinajstić information content (AvgIpc) is 3.42. The van der Waals surface area contributed by atoms with Crippen molar-refractivity contribution in [3.05, 3.63) is 64.3 Å². The second-order valence-corrected chi connectivity index (χ2v) is 15.2. The van der Waals surface area contributed by atoms with Crippen molar-refractivity contribution in [2.45, 2.75) is 84.1 Å². The zero-order valence-corrected chi connectivity index (χ0v) is 31.6. The molecule has 1 aromatic heterocycles. The summed E-state index contributed by atoms with van der Waals surface area (Å²) in [6.45, 7) is 6.34. The molecule has 0 saturated heterocycles. The van der Waals surface area contributed by atoms with E-state index in [-0.39, 0.29) is 48.8 Å². The molecular weight excluding hydrogens is 714 g/mol. The summed E-state index contributed by atoms with van der Waals surface area (Å²) >= 11 is 0. The smallest absolute Gasteiger partial charge is 0.421 e. The lowest BCUT2D eigenvalue weighted by Crippen LogP contribution is -2.18. The van der Waals surface area contributed by atoms with Crippen LogP contribution >= 0.6 is 7.60 Å². The lowest BCUT2D eigenvalue weighted by Gasteiger charge is -2.30. The monoisotopic (exact) mass is 761 g/mol. The van der Waals surface area contributed by atoms with Crippen LogP contribution in [-0.2, 0) is 42.0 Å². The molecule has 0 bridgehead atoms. The minimum Gasteiger partial charge on any atom is -0.495 e. The first-order valence-corrected chi connectivity index (χ1v) is 19.6. The first-order chi connectivity index (χ1) is 25.3. The van der Waals surface area contributed by atoms with E-state index in [1.54, 1.807) is 57.0 Å². The molecule has 0 radical (unpaired) electrons. The lowest BCUT2D eigenvalue weighted by atomic mass is 9.75. The second kappa shape index (κ2) is 17.3. The zero-order valence-electron chi connectivity index (χ0n) is 30.7. The number of carbonyl (C=O) groups excluding carboxylic acids is 2. The van der Waals surface area contributed by atoms with Crippen molar-refractivity contribution in [3.63, 3.8) is 0 Å². The number of nitrogens with zero attached hydrogens (tertiary/aromatic N) is 3. The minimum absolute atomic E-state index is 0.00836. The molecular formula is C37H47F3N5O7P. The van der Waals surface area contributed by atoms with Crippen LogP contribution in [0.15, 0.2) is 36.5 Å². The van der Waals surface area contributed by atoms with Gasteiger partial charge in [0.25, 0.3) is 5.91 Å². The summed E-state index contributed by atoms with van der Waals surface area (Å²) in [7, 11) is -0.317. The van der Waals surface area contributed by atoms with Gasteiger partial charge in [0.1, 0.15) is 17.1 Å². The van der Waals surface area contributed by atoms with Crippen molar-refractivity contribution < 1.29 is 45.8 Å². The molecule has 1 aliphatic carbocycles. The molecule has 1 aliphatic heterocycles. The number of aromatic nitrogens is 2. The Bertz CT molecular complexity index is 1820. The van der Waals surface area contributed by atoms with E-state index >= 15 is 0 Å². The summed E-state index contributed by atoms with van der Waals surface area (Å²) in [6, 6.07) is 8.45. The highest BCUT2D eigenvalue weighted by Crippen LogP contribution is 2.52. The Morgan fingerprint density at radius 2 is 1.70 bits per heavy atom. The maximum Gasteiger partial charge on any atom is 0.421 e. The molecule has 1 amide bonds. The summed E-state index contributed by atoms with van der Waals surface area (Å²) in [5.41, 5.74) is 2.19. The summed E-state index contributed by atoms with van der Waals surface area (Å²) < 4.78 is 77.4. The maximum absolute atomic E-state index is 14.3. The molecule has 3 aromatic rings. The Balaban J connectivity index is 1.39. The highest BCUT2D eigenvalue weighted by molar-refractivity contribution is 7.53. The molecule has 2 heterocycles. The molecule has 288 valence electrons. The molecule has 16 heteroatoms. The first kappa shape index (κ1) is 40.0. The highest BCUT2D eigenvalue weighted by atomic mass is 31.2. The van der Waals surface area contributed by atoms with Gasteiger partial charge in [0.15, 0.2) is 0 Å². The number of anilines is 4. The Morgan fingerprint density at radius 3 is 2.34 bits per heavy atom. The molecule has 1 fully saturated rings. The predicted molar refractivity (Wildman–Crippen MR) is 194 cm³/mol. The number of esters is 1. The average molecular weight is 762 g/mol. The minimum atomic E-state index is -4.80. The third-order valence-electron chi connectivity index (χ3n) is 9.54. The Labute approximate surface area is 307 Å². The van der Waals surface area contributed by atoms with Crippen LogP contribution < -0.4 is 15.4 Å². The van der Waals surface area contributed by atoms with Gasteiger partial charge in [0, 0.05) is 26.2 Å². The molecule has 12 nitrogen and oxygen atoms in total. The van der Waals surface area contributed by atoms with Gasteiger partial charge in [-0.2, -0.15) is 18.2 Å². The Kier molecular flexibility index (Phi) is 13.1. The van der Waals surface area contributed by atoms with Gasteiger partial charge >= 0.3 is 19.7 Å². The SMILES string of the molecule is CCOC(=O)CCC1CCC(c2ccc(Nc3nc(Nc4ccc(CP(=O)(OCC)OCC)cc4OC)ncc3C(F)(F)F)c3c2CN(C)C3=O)CC1. The number of halogens is 3. The topological polar surface area (TPSA) is 141 Å². The third kappa shape index (κ3) is 9.68. The highest BCUT2D eigenvalue weighted by Gasteiger charge is 2.38. The molecule has 2 aromatic carbocycles. The number of rotatable bonds is 16. The maximum atomic E-state index is 14.3. The van der Waals surface area contributed by atoms with Crippen molar-refractivity contribution in [1.82, 2.24) is 14.9 Å². The number of alkyl halides is 3. The van der Waals surface area contributed by atoms with E-state index in [2.05, 4.69) is 20.6 Å². The van der Waals surface area contributed by atoms with E-state index in [0.717, 1.165) is 43.2 Å².